The number of aryl methyl sites for hydroxylation is 1. The van der Waals surface area contributed by atoms with Crippen LogP contribution in [0.2, 0.25) is 0 Å². The molecule has 0 aliphatic carbocycles. The molecule has 0 radical (unpaired) electrons. The highest BCUT2D eigenvalue weighted by molar-refractivity contribution is 7.99. The number of hydrogen-bond acceptors (Lipinski definition) is 4. The minimum Gasteiger partial charge on any atom is -0.330 e. The number of halogens is 1. The Bertz CT molecular complexity index is 512. The van der Waals surface area contributed by atoms with Crippen molar-refractivity contribution in [2.75, 3.05) is 6.54 Å². The Morgan fingerprint density at radius 3 is 2.88 bits per heavy atom. The summed E-state index contributed by atoms with van der Waals surface area (Å²) in [7, 11) is 1.85. The number of nitrogens with zero attached hydrogens (tertiary/aromatic N) is 3. The average molecular weight is 252 g/mol. The topological polar surface area (TPSA) is 56.7 Å². The van der Waals surface area contributed by atoms with Crippen molar-refractivity contribution in [2.24, 2.45) is 12.8 Å². The molecule has 1 aromatic carbocycles. The van der Waals surface area contributed by atoms with E-state index in [2.05, 4.69) is 10.2 Å². The fraction of sp³-hybridized carbons (Fsp3) is 0.273. The van der Waals surface area contributed by atoms with E-state index in [1.807, 2.05) is 13.1 Å². The number of aromatic nitrogens is 3. The third-order valence-electron chi connectivity index (χ3n) is 2.24. The molecular formula is C11H13FN4S. The first kappa shape index (κ1) is 12.1. The van der Waals surface area contributed by atoms with Crippen LogP contribution in [0, 0.1) is 5.82 Å². The van der Waals surface area contributed by atoms with Gasteiger partial charge in [0.1, 0.15) is 12.1 Å². The highest BCUT2D eigenvalue weighted by Crippen LogP contribution is 2.27. The fourth-order valence-corrected chi connectivity index (χ4v) is 2.33. The molecule has 0 aliphatic rings. The van der Waals surface area contributed by atoms with Crippen LogP contribution in [-0.2, 0) is 13.5 Å². The molecule has 0 saturated heterocycles. The summed E-state index contributed by atoms with van der Waals surface area (Å²) >= 11 is 1.38. The van der Waals surface area contributed by atoms with Crippen molar-refractivity contribution in [3.63, 3.8) is 0 Å². The Morgan fingerprint density at radius 2 is 2.24 bits per heavy atom. The number of hydrogen-bond donors (Lipinski definition) is 1. The Hall–Kier alpha value is -1.40. The second-order valence-corrected chi connectivity index (χ2v) is 4.70. The molecule has 0 saturated carbocycles. The number of rotatable bonds is 4. The molecule has 2 N–H and O–H groups in total. The predicted octanol–water partition coefficient (Wildman–Crippen LogP) is 1.61. The normalized spacial score (nSPS) is 10.8. The van der Waals surface area contributed by atoms with E-state index in [-0.39, 0.29) is 5.82 Å². The average Bonchev–Trinajstić information content (AvgIpc) is 2.64. The van der Waals surface area contributed by atoms with Crippen molar-refractivity contribution in [2.45, 2.75) is 16.5 Å². The summed E-state index contributed by atoms with van der Waals surface area (Å²) < 4.78 is 15.2. The van der Waals surface area contributed by atoms with E-state index in [1.165, 1.54) is 23.9 Å². The Balaban J connectivity index is 2.23. The van der Waals surface area contributed by atoms with Crippen molar-refractivity contribution in [3.05, 3.63) is 35.9 Å². The maximum absolute atomic E-state index is 13.4. The number of nitrogens with two attached hydrogens (primary N) is 1. The summed E-state index contributed by atoms with van der Waals surface area (Å²) in [4.78, 5) is 0.810. The predicted molar refractivity (Wildman–Crippen MR) is 64.3 cm³/mol. The highest BCUT2D eigenvalue weighted by Gasteiger charge is 2.06. The zero-order chi connectivity index (χ0) is 12.3. The molecule has 90 valence electrons. The van der Waals surface area contributed by atoms with Gasteiger partial charge in [0.15, 0.2) is 5.16 Å². The third kappa shape index (κ3) is 3.04. The van der Waals surface area contributed by atoms with Crippen molar-refractivity contribution in [1.82, 2.24) is 14.8 Å². The molecule has 4 nitrogen and oxygen atoms in total. The van der Waals surface area contributed by atoms with E-state index >= 15 is 0 Å². The minimum absolute atomic E-state index is 0.249. The molecule has 1 heterocycles. The Labute approximate surface area is 103 Å². The monoisotopic (exact) mass is 252 g/mol. The Morgan fingerprint density at radius 1 is 1.41 bits per heavy atom. The van der Waals surface area contributed by atoms with Gasteiger partial charge >= 0.3 is 0 Å². The first-order chi connectivity index (χ1) is 8.19. The molecule has 0 aliphatic heterocycles. The van der Waals surface area contributed by atoms with Gasteiger partial charge in [-0.3, -0.25) is 0 Å². The molecule has 0 bridgehead atoms. The van der Waals surface area contributed by atoms with Gasteiger partial charge in [-0.2, -0.15) is 0 Å². The lowest BCUT2D eigenvalue weighted by molar-refractivity contribution is 0.621. The molecule has 6 heteroatoms. The van der Waals surface area contributed by atoms with Gasteiger partial charge in [-0.15, -0.1) is 10.2 Å². The first-order valence-corrected chi connectivity index (χ1v) is 6.02. The third-order valence-corrected chi connectivity index (χ3v) is 3.27. The van der Waals surface area contributed by atoms with E-state index in [4.69, 9.17) is 5.73 Å². The summed E-state index contributed by atoms with van der Waals surface area (Å²) in [6, 6.07) is 4.92. The van der Waals surface area contributed by atoms with E-state index in [1.54, 1.807) is 10.9 Å². The van der Waals surface area contributed by atoms with Crippen LogP contribution in [0.15, 0.2) is 34.6 Å². The van der Waals surface area contributed by atoms with Crippen molar-refractivity contribution < 1.29 is 4.39 Å². The van der Waals surface area contributed by atoms with Crippen LogP contribution in [-0.4, -0.2) is 21.3 Å². The SMILES string of the molecule is Cn1cnnc1Sc1cc(F)cc(CCN)c1. The van der Waals surface area contributed by atoms with Gasteiger partial charge in [-0.1, -0.05) is 0 Å². The van der Waals surface area contributed by atoms with Gasteiger partial charge in [0.05, 0.1) is 0 Å². The van der Waals surface area contributed by atoms with Gasteiger partial charge in [-0.05, 0) is 48.5 Å². The second-order valence-electron chi connectivity index (χ2n) is 3.66. The van der Waals surface area contributed by atoms with Gasteiger partial charge in [0.2, 0.25) is 0 Å². The zero-order valence-corrected chi connectivity index (χ0v) is 10.2. The van der Waals surface area contributed by atoms with Gasteiger partial charge in [0, 0.05) is 11.9 Å². The largest absolute Gasteiger partial charge is 0.330 e. The van der Waals surface area contributed by atoms with Crippen LogP contribution in [0.4, 0.5) is 4.39 Å². The Kier molecular flexibility index (Phi) is 3.75. The molecule has 0 unspecified atom stereocenters. The molecule has 2 rings (SSSR count). The molecule has 0 fully saturated rings. The molecule has 17 heavy (non-hydrogen) atoms. The van der Waals surface area contributed by atoms with Crippen molar-refractivity contribution in [3.8, 4) is 0 Å². The number of benzene rings is 1. The maximum Gasteiger partial charge on any atom is 0.195 e. The fourth-order valence-electron chi connectivity index (χ4n) is 1.46. The minimum atomic E-state index is -0.249. The zero-order valence-electron chi connectivity index (χ0n) is 9.43. The summed E-state index contributed by atoms with van der Waals surface area (Å²) in [5.74, 6) is -0.249. The lowest BCUT2D eigenvalue weighted by Gasteiger charge is -2.04. The van der Waals surface area contributed by atoms with Crippen LogP contribution in [0.5, 0.6) is 0 Å². The van der Waals surface area contributed by atoms with Crippen LogP contribution in [0.25, 0.3) is 0 Å². The van der Waals surface area contributed by atoms with E-state index in [9.17, 15) is 4.39 Å². The standard InChI is InChI=1S/C11H13FN4S/c1-16-7-14-15-11(16)17-10-5-8(2-3-13)4-9(12)6-10/h4-7H,2-3,13H2,1H3. The van der Waals surface area contributed by atoms with Gasteiger partial charge in [0.25, 0.3) is 0 Å². The van der Waals surface area contributed by atoms with E-state index in [0.717, 1.165) is 15.6 Å². The van der Waals surface area contributed by atoms with Gasteiger partial charge < -0.3 is 10.3 Å². The molecule has 1 aromatic heterocycles. The van der Waals surface area contributed by atoms with Crippen molar-refractivity contribution >= 4 is 11.8 Å². The summed E-state index contributed by atoms with van der Waals surface area (Å²) in [5, 5.41) is 8.45. The smallest absolute Gasteiger partial charge is 0.195 e. The molecule has 0 atom stereocenters. The highest BCUT2D eigenvalue weighted by atomic mass is 32.2. The van der Waals surface area contributed by atoms with Crippen LogP contribution < -0.4 is 5.73 Å². The lowest BCUT2D eigenvalue weighted by atomic mass is 10.1. The molecule has 0 amide bonds. The second kappa shape index (κ2) is 5.29. The van der Waals surface area contributed by atoms with E-state index in [0.29, 0.717) is 13.0 Å². The summed E-state index contributed by atoms with van der Waals surface area (Å²) in [6.07, 6.45) is 2.28. The maximum atomic E-state index is 13.4. The van der Waals surface area contributed by atoms with Crippen molar-refractivity contribution in [1.29, 1.82) is 0 Å². The van der Waals surface area contributed by atoms with Crippen LogP contribution in [0.3, 0.4) is 0 Å². The van der Waals surface area contributed by atoms with Crippen LogP contribution in [0.1, 0.15) is 5.56 Å². The summed E-state index contributed by atoms with van der Waals surface area (Å²) in [5.41, 5.74) is 6.37. The van der Waals surface area contributed by atoms with Gasteiger partial charge in [-0.25, -0.2) is 4.39 Å². The van der Waals surface area contributed by atoms with E-state index < -0.39 is 0 Å². The molecule has 2 aromatic rings. The molecular weight excluding hydrogens is 239 g/mol. The van der Waals surface area contributed by atoms with Crippen LogP contribution >= 0.6 is 11.8 Å². The first-order valence-electron chi connectivity index (χ1n) is 5.20. The summed E-state index contributed by atoms with van der Waals surface area (Å²) in [6.45, 7) is 0.511. The quantitative estimate of drug-likeness (QED) is 0.898. The lowest BCUT2D eigenvalue weighted by Crippen LogP contribution is -2.03. The molecule has 0 spiro atoms.